The number of hydrogen-bond donors (Lipinski definition) is 1. The van der Waals surface area contributed by atoms with Crippen molar-refractivity contribution < 1.29 is 14.1 Å². The number of tetrazole rings is 1. The molecule has 0 radical (unpaired) electrons. The molecular weight excluding hydrogens is 300 g/mol. The average molecular weight is 314 g/mol. The minimum atomic E-state index is -0.712. The van der Waals surface area contributed by atoms with Crippen LogP contribution >= 0.6 is 0 Å². The van der Waals surface area contributed by atoms with E-state index >= 15 is 0 Å². The summed E-state index contributed by atoms with van der Waals surface area (Å²) in [7, 11) is 0. The Labute approximate surface area is 131 Å². The monoisotopic (exact) mass is 314 g/mol. The summed E-state index contributed by atoms with van der Waals surface area (Å²) in [5.41, 5.74) is 0.729. The Bertz CT molecular complexity index is 798. The van der Waals surface area contributed by atoms with E-state index in [1.54, 1.807) is 38.1 Å². The van der Waals surface area contributed by atoms with Gasteiger partial charge in [-0.15, -0.1) is 5.10 Å². The predicted molar refractivity (Wildman–Crippen MR) is 79.1 cm³/mol. The smallest absolute Gasteiger partial charge is 0.266 e. The molecule has 23 heavy (non-hydrogen) atoms. The van der Waals surface area contributed by atoms with Gasteiger partial charge in [0.15, 0.2) is 11.9 Å². The normalized spacial score (nSPS) is 11.9. The van der Waals surface area contributed by atoms with Crippen LogP contribution in [0.25, 0.3) is 5.69 Å². The fraction of sp³-hybridized carbons (Fsp3) is 0.214. The molecule has 0 fully saturated rings. The second kappa shape index (κ2) is 6.26. The van der Waals surface area contributed by atoms with Gasteiger partial charge in [0.1, 0.15) is 17.8 Å². The second-order valence-corrected chi connectivity index (χ2v) is 4.82. The molecule has 3 rings (SSSR count). The number of ether oxygens (including phenoxy) is 1. The fourth-order valence-corrected chi connectivity index (χ4v) is 1.89. The van der Waals surface area contributed by atoms with Crippen LogP contribution in [0.2, 0.25) is 0 Å². The number of benzene rings is 1. The lowest BCUT2D eigenvalue weighted by molar-refractivity contribution is -0.122. The maximum Gasteiger partial charge on any atom is 0.266 e. The van der Waals surface area contributed by atoms with E-state index in [-0.39, 0.29) is 5.91 Å². The van der Waals surface area contributed by atoms with E-state index in [4.69, 9.17) is 9.26 Å². The molecule has 0 aliphatic carbocycles. The van der Waals surface area contributed by atoms with Gasteiger partial charge in [-0.25, -0.2) is 4.68 Å². The number of nitrogens with one attached hydrogen (secondary N) is 1. The largest absolute Gasteiger partial charge is 0.481 e. The molecule has 0 unspecified atom stereocenters. The van der Waals surface area contributed by atoms with Crippen LogP contribution in [-0.2, 0) is 4.79 Å². The van der Waals surface area contributed by atoms with Gasteiger partial charge >= 0.3 is 0 Å². The first-order valence-corrected chi connectivity index (χ1v) is 6.86. The number of rotatable bonds is 5. The Kier molecular flexibility index (Phi) is 4.00. The van der Waals surface area contributed by atoms with Crippen molar-refractivity contribution in [1.82, 2.24) is 25.4 Å². The van der Waals surface area contributed by atoms with Crippen molar-refractivity contribution in [2.24, 2.45) is 0 Å². The predicted octanol–water partition coefficient (Wildman–Crippen LogP) is 1.36. The molecule has 1 atom stereocenters. The molecule has 1 N–H and O–H groups in total. The molecule has 1 aromatic carbocycles. The van der Waals surface area contributed by atoms with Crippen LogP contribution in [0, 0.1) is 6.92 Å². The third kappa shape index (κ3) is 3.51. The van der Waals surface area contributed by atoms with E-state index in [0.717, 1.165) is 5.69 Å². The van der Waals surface area contributed by atoms with E-state index < -0.39 is 6.10 Å². The van der Waals surface area contributed by atoms with Crippen molar-refractivity contribution in [3.63, 3.8) is 0 Å². The van der Waals surface area contributed by atoms with Crippen molar-refractivity contribution in [3.05, 3.63) is 42.4 Å². The zero-order valence-corrected chi connectivity index (χ0v) is 12.5. The van der Waals surface area contributed by atoms with Crippen LogP contribution in [0.4, 0.5) is 5.82 Å². The third-order valence-electron chi connectivity index (χ3n) is 2.99. The Morgan fingerprint density at radius 1 is 1.39 bits per heavy atom. The second-order valence-electron chi connectivity index (χ2n) is 4.82. The highest BCUT2D eigenvalue weighted by Gasteiger charge is 2.16. The van der Waals surface area contributed by atoms with E-state index in [9.17, 15) is 4.79 Å². The van der Waals surface area contributed by atoms with Crippen LogP contribution in [-0.4, -0.2) is 37.4 Å². The lowest BCUT2D eigenvalue weighted by Crippen LogP contribution is -2.30. The molecule has 2 aromatic heterocycles. The zero-order chi connectivity index (χ0) is 16.2. The Hall–Kier alpha value is -3.23. The van der Waals surface area contributed by atoms with Gasteiger partial charge in [-0.1, -0.05) is 11.2 Å². The van der Waals surface area contributed by atoms with Crippen molar-refractivity contribution in [1.29, 1.82) is 0 Å². The topological polar surface area (TPSA) is 108 Å². The summed E-state index contributed by atoms with van der Waals surface area (Å²) in [5, 5.41) is 17.3. The summed E-state index contributed by atoms with van der Waals surface area (Å²) in [6, 6.07) is 8.73. The van der Waals surface area contributed by atoms with Crippen molar-refractivity contribution >= 4 is 11.7 Å². The van der Waals surface area contributed by atoms with E-state index in [0.29, 0.717) is 17.3 Å². The molecule has 1 amide bonds. The van der Waals surface area contributed by atoms with Crippen LogP contribution < -0.4 is 10.1 Å². The van der Waals surface area contributed by atoms with Crippen molar-refractivity contribution in [2.75, 3.05) is 5.32 Å². The number of carbonyl (C=O) groups is 1. The number of carbonyl (C=O) groups excluding carboxylic acids is 1. The lowest BCUT2D eigenvalue weighted by atomic mass is 10.3. The summed E-state index contributed by atoms with van der Waals surface area (Å²) in [6.45, 7) is 3.39. The molecule has 9 nitrogen and oxygen atoms in total. The highest BCUT2D eigenvalue weighted by atomic mass is 16.5. The standard InChI is InChI=1S/C14H14N6O3/c1-9-6-13(17-23-9)16-14(21)10(2)22-12-5-3-4-11(7-12)20-8-15-18-19-20/h3-8,10H,1-2H3,(H,16,17,21)/t10-/m0/s1. The molecule has 0 saturated carbocycles. The molecule has 9 heteroatoms. The van der Waals surface area contributed by atoms with Gasteiger partial charge in [0.05, 0.1) is 5.69 Å². The van der Waals surface area contributed by atoms with Crippen LogP contribution in [0.15, 0.2) is 41.2 Å². The third-order valence-corrected chi connectivity index (χ3v) is 2.99. The molecule has 3 aromatic rings. The number of anilines is 1. The molecule has 0 aliphatic heterocycles. The van der Waals surface area contributed by atoms with Gasteiger partial charge in [-0.05, 0) is 36.4 Å². The molecule has 0 saturated heterocycles. The first-order chi connectivity index (χ1) is 11.1. The highest BCUT2D eigenvalue weighted by molar-refractivity contribution is 5.93. The van der Waals surface area contributed by atoms with Gasteiger partial charge < -0.3 is 14.6 Å². The van der Waals surface area contributed by atoms with Gasteiger partial charge in [0.2, 0.25) is 0 Å². The number of amides is 1. The Morgan fingerprint density at radius 3 is 2.96 bits per heavy atom. The van der Waals surface area contributed by atoms with Crippen LogP contribution in [0.1, 0.15) is 12.7 Å². The minimum absolute atomic E-state index is 0.328. The van der Waals surface area contributed by atoms with E-state index in [2.05, 4.69) is 26.0 Å². The lowest BCUT2D eigenvalue weighted by Gasteiger charge is -2.14. The summed E-state index contributed by atoms with van der Waals surface area (Å²) < 4.78 is 12.0. The van der Waals surface area contributed by atoms with Crippen LogP contribution in [0.3, 0.4) is 0 Å². The molecule has 0 bridgehead atoms. The number of aryl methyl sites for hydroxylation is 1. The molecular formula is C14H14N6O3. The number of nitrogens with zero attached hydrogens (tertiary/aromatic N) is 5. The SMILES string of the molecule is Cc1cc(NC(=O)[C@H](C)Oc2cccc(-n3cnnn3)c2)no1. The van der Waals surface area contributed by atoms with Gasteiger partial charge in [-0.3, -0.25) is 4.79 Å². The average Bonchev–Trinajstić information content (AvgIpc) is 3.19. The van der Waals surface area contributed by atoms with Gasteiger partial charge in [0.25, 0.3) is 5.91 Å². The first-order valence-electron chi connectivity index (χ1n) is 6.86. The molecule has 0 aliphatic rings. The van der Waals surface area contributed by atoms with Gasteiger partial charge in [-0.2, -0.15) is 0 Å². The summed E-state index contributed by atoms with van der Waals surface area (Å²) in [5.74, 6) is 1.16. The van der Waals surface area contributed by atoms with Crippen molar-refractivity contribution in [3.8, 4) is 11.4 Å². The number of hydrogen-bond acceptors (Lipinski definition) is 7. The van der Waals surface area contributed by atoms with Gasteiger partial charge in [0, 0.05) is 12.1 Å². The maximum absolute atomic E-state index is 12.1. The van der Waals surface area contributed by atoms with E-state index in [1.807, 2.05) is 6.07 Å². The first kappa shape index (κ1) is 14.7. The van der Waals surface area contributed by atoms with Crippen molar-refractivity contribution in [2.45, 2.75) is 20.0 Å². The Balaban J connectivity index is 1.66. The summed E-state index contributed by atoms with van der Waals surface area (Å²) in [4.78, 5) is 12.1. The molecule has 2 heterocycles. The minimum Gasteiger partial charge on any atom is -0.481 e. The van der Waals surface area contributed by atoms with E-state index in [1.165, 1.54) is 11.0 Å². The zero-order valence-electron chi connectivity index (χ0n) is 12.5. The highest BCUT2D eigenvalue weighted by Crippen LogP contribution is 2.17. The molecule has 118 valence electrons. The quantitative estimate of drug-likeness (QED) is 0.757. The summed E-state index contributed by atoms with van der Waals surface area (Å²) in [6.07, 6.45) is 0.762. The number of aromatic nitrogens is 5. The Morgan fingerprint density at radius 2 is 2.26 bits per heavy atom. The molecule has 0 spiro atoms. The van der Waals surface area contributed by atoms with Crippen LogP contribution in [0.5, 0.6) is 5.75 Å². The fourth-order valence-electron chi connectivity index (χ4n) is 1.89. The summed E-state index contributed by atoms with van der Waals surface area (Å²) >= 11 is 0. The maximum atomic E-state index is 12.1.